The molecule has 1 atom stereocenters. The molecule has 1 aromatic rings. The summed E-state index contributed by atoms with van der Waals surface area (Å²) in [5.41, 5.74) is 1.03. The normalized spacial score (nSPS) is 12.9. The van der Waals surface area contributed by atoms with Crippen LogP contribution >= 0.6 is 0 Å². The number of hydrogen-bond donors (Lipinski definition) is 2. The van der Waals surface area contributed by atoms with Crippen molar-refractivity contribution >= 4 is 15.9 Å². The number of unbranched alkanes of at least 4 members (excludes halogenated alkanes) is 1. The van der Waals surface area contributed by atoms with E-state index in [1.807, 2.05) is 6.92 Å². The first-order chi connectivity index (χ1) is 9.82. The van der Waals surface area contributed by atoms with Crippen molar-refractivity contribution in [3.8, 4) is 0 Å². The van der Waals surface area contributed by atoms with Crippen LogP contribution in [-0.4, -0.2) is 20.4 Å². The summed E-state index contributed by atoms with van der Waals surface area (Å²) in [6.45, 7) is 4.03. The smallest absolute Gasteiger partial charge is 0.238 e. The lowest BCUT2D eigenvalue weighted by molar-refractivity contribution is -0.121. The van der Waals surface area contributed by atoms with Crippen molar-refractivity contribution in [3.63, 3.8) is 0 Å². The van der Waals surface area contributed by atoms with Crippen molar-refractivity contribution < 1.29 is 13.2 Å². The minimum Gasteiger partial charge on any atom is -0.354 e. The second-order valence-corrected chi connectivity index (χ2v) is 6.86. The number of primary sulfonamides is 1. The van der Waals surface area contributed by atoms with Gasteiger partial charge in [0.25, 0.3) is 0 Å². The third-order valence-electron chi connectivity index (χ3n) is 3.28. The van der Waals surface area contributed by atoms with Gasteiger partial charge < -0.3 is 5.32 Å². The SMILES string of the molecule is CCCCC(=O)NC(C)CCc1ccc(S(N)(=O)=O)cc1. The maximum atomic E-state index is 11.6. The summed E-state index contributed by atoms with van der Waals surface area (Å²) in [4.78, 5) is 11.7. The second-order valence-electron chi connectivity index (χ2n) is 5.30. The van der Waals surface area contributed by atoms with E-state index in [-0.39, 0.29) is 16.8 Å². The molecule has 3 N–H and O–H groups in total. The van der Waals surface area contributed by atoms with Crippen molar-refractivity contribution in [2.45, 2.75) is 56.9 Å². The Kier molecular flexibility index (Phi) is 6.84. The lowest BCUT2D eigenvalue weighted by atomic mass is 10.1. The number of rotatable bonds is 8. The number of aryl methyl sites for hydroxylation is 1. The molecule has 0 spiro atoms. The Hall–Kier alpha value is -1.40. The Balaban J connectivity index is 2.43. The number of amides is 1. The predicted molar refractivity (Wildman–Crippen MR) is 83.3 cm³/mol. The molecule has 0 heterocycles. The van der Waals surface area contributed by atoms with Crippen LogP contribution in [-0.2, 0) is 21.2 Å². The van der Waals surface area contributed by atoms with E-state index >= 15 is 0 Å². The first kappa shape index (κ1) is 17.7. The van der Waals surface area contributed by atoms with Gasteiger partial charge in [-0.1, -0.05) is 25.5 Å². The minimum atomic E-state index is -3.63. The van der Waals surface area contributed by atoms with Crippen molar-refractivity contribution in [2.75, 3.05) is 0 Å². The van der Waals surface area contributed by atoms with Crippen LogP contribution < -0.4 is 10.5 Å². The standard InChI is InChI=1S/C15H24N2O3S/c1-3-4-5-15(18)17-12(2)6-7-13-8-10-14(11-9-13)21(16,19)20/h8-12H,3-7H2,1-2H3,(H,17,18)(H2,16,19,20). The van der Waals surface area contributed by atoms with Gasteiger partial charge in [0.2, 0.25) is 15.9 Å². The van der Waals surface area contributed by atoms with Crippen molar-refractivity contribution in [2.24, 2.45) is 5.14 Å². The lowest BCUT2D eigenvalue weighted by Gasteiger charge is -2.13. The summed E-state index contributed by atoms with van der Waals surface area (Å²) in [7, 11) is -3.63. The first-order valence-electron chi connectivity index (χ1n) is 7.24. The monoisotopic (exact) mass is 312 g/mol. The van der Waals surface area contributed by atoms with Gasteiger partial charge in [-0.25, -0.2) is 13.6 Å². The zero-order valence-corrected chi connectivity index (χ0v) is 13.4. The zero-order valence-electron chi connectivity index (χ0n) is 12.6. The molecule has 0 aliphatic heterocycles. The summed E-state index contributed by atoms with van der Waals surface area (Å²) in [6.07, 6.45) is 4.09. The molecular weight excluding hydrogens is 288 g/mol. The summed E-state index contributed by atoms with van der Waals surface area (Å²) in [6, 6.07) is 6.63. The van der Waals surface area contributed by atoms with E-state index in [1.165, 1.54) is 12.1 Å². The molecule has 118 valence electrons. The Morgan fingerprint density at radius 3 is 2.43 bits per heavy atom. The number of hydrogen-bond acceptors (Lipinski definition) is 3. The van der Waals surface area contributed by atoms with Gasteiger partial charge in [0.1, 0.15) is 0 Å². The second kappa shape index (κ2) is 8.14. The Labute approximate surface area is 127 Å². The Morgan fingerprint density at radius 2 is 1.90 bits per heavy atom. The summed E-state index contributed by atoms with van der Waals surface area (Å²) >= 11 is 0. The van der Waals surface area contributed by atoms with Crippen LogP contribution in [0.15, 0.2) is 29.2 Å². The molecule has 0 aromatic heterocycles. The summed E-state index contributed by atoms with van der Waals surface area (Å²) in [5, 5.41) is 8.01. The average Bonchev–Trinajstić information content (AvgIpc) is 2.42. The van der Waals surface area contributed by atoms with Crippen molar-refractivity contribution in [1.29, 1.82) is 0 Å². The van der Waals surface area contributed by atoms with Crippen LogP contribution in [0.1, 0.15) is 45.1 Å². The molecule has 1 aromatic carbocycles. The van der Waals surface area contributed by atoms with Crippen LogP contribution in [0.2, 0.25) is 0 Å². The number of sulfonamides is 1. The molecule has 0 radical (unpaired) electrons. The van der Waals surface area contributed by atoms with Crippen LogP contribution in [0.25, 0.3) is 0 Å². The Morgan fingerprint density at radius 1 is 1.29 bits per heavy atom. The lowest BCUT2D eigenvalue weighted by Crippen LogP contribution is -2.32. The third kappa shape index (κ3) is 6.73. The maximum Gasteiger partial charge on any atom is 0.238 e. The zero-order chi connectivity index (χ0) is 15.9. The van der Waals surface area contributed by atoms with E-state index in [2.05, 4.69) is 12.2 Å². The molecular formula is C15H24N2O3S. The molecule has 1 amide bonds. The molecule has 1 unspecified atom stereocenters. The highest BCUT2D eigenvalue weighted by molar-refractivity contribution is 7.89. The predicted octanol–water partition coefficient (Wildman–Crippen LogP) is 1.96. The number of nitrogens with two attached hydrogens (primary N) is 1. The van der Waals surface area contributed by atoms with E-state index in [0.717, 1.165) is 31.2 Å². The molecule has 0 aliphatic carbocycles. The van der Waals surface area contributed by atoms with E-state index in [9.17, 15) is 13.2 Å². The molecule has 1 rings (SSSR count). The molecule has 0 bridgehead atoms. The molecule has 6 heteroatoms. The van der Waals surface area contributed by atoms with E-state index in [1.54, 1.807) is 12.1 Å². The van der Waals surface area contributed by atoms with Crippen LogP contribution in [0.5, 0.6) is 0 Å². The fraction of sp³-hybridized carbons (Fsp3) is 0.533. The van der Waals surface area contributed by atoms with Gasteiger partial charge in [-0.3, -0.25) is 4.79 Å². The maximum absolute atomic E-state index is 11.6. The highest BCUT2D eigenvalue weighted by Crippen LogP contribution is 2.11. The minimum absolute atomic E-state index is 0.0916. The fourth-order valence-corrected chi connectivity index (χ4v) is 2.50. The highest BCUT2D eigenvalue weighted by Gasteiger charge is 2.09. The molecule has 0 aliphatic rings. The van der Waals surface area contributed by atoms with Gasteiger partial charge in [-0.15, -0.1) is 0 Å². The van der Waals surface area contributed by atoms with Gasteiger partial charge in [0.05, 0.1) is 4.90 Å². The van der Waals surface area contributed by atoms with Gasteiger partial charge in [0, 0.05) is 12.5 Å². The molecule has 0 saturated carbocycles. The fourth-order valence-electron chi connectivity index (χ4n) is 1.99. The van der Waals surface area contributed by atoms with Gasteiger partial charge in [-0.2, -0.15) is 0 Å². The van der Waals surface area contributed by atoms with E-state index in [4.69, 9.17) is 5.14 Å². The number of carbonyl (C=O) groups excluding carboxylic acids is 1. The topological polar surface area (TPSA) is 89.3 Å². The Bertz CT molecular complexity index is 553. The molecule has 0 fully saturated rings. The van der Waals surface area contributed by atoms with Gasteiger partial charge in [-0.05, 0) is 43.9 Å². The highest BCUT2D eigenvalue weighted by atomic mass is 32.2. The van der Waals surface area contributed by atoms with Crippen LogP contribution in [0, 0.1) is 0 Å². The van der Waals surface area contributed by atoms with Gasteiger partial charge >= 0.3 is 0 Å². The molecule has 5 nitrogen and oxygen atoms in total. The number of nitrogens with one attached hydrogen (secondary N) is 1. The third-order valence-corrected chi connectivity index (χ3v) is 4.21. The van der Waals surface area contributed by atoms with Crippen LogP contribution in [0.4, 0.5) is 0 Å². The number of benzene rings is 1. The molecule has 21 heavy (non-hydrogen) atoms. The molecule has 0 saturated heterocycles. The van der Waals surface area contributed by atoms with E-state index < -0.39 is 10.0 Å². The van der Waals surface area contributed by atoms with Crippen LogP contribution in [0.3, 0.4) is 0 Å². The van der Waals surface area contributed by atoms with E-state index in [0.29, 0.717) is 6.42 Å². The summed E-state index contributed by atoms with van der Waals surface area (Å²) < 4.78 is 22.3. The average molecular weight is 312 g/mol. The quantitative estimate of drug-likeness (QED) is 0.769. The van der Waals surface area contributed by atoms with Crippen molar-refractivity contribution in [1.82, 2.24) is 5.32 Å². The van der Waals surface area contributed by atoms with Crippen molar-refractivity contribution in [3.05, 3.63) is 29.8 Å². The first-order valence-corrected chi connectivity index (χ1v) is 8.78. The largest absolute Gasteiger partial charge is 0.354 e. The number of carbonyl (C=O) groups is 1. The summed E-state index contributed by atoms with van der Waals surface area (Å²) in [5.74, 6) is 0.0916. The van der Waals surface area contributed by atoms with Gasteiger partial charge in [0.15, 0.2) is 0 Å².